The Morgan fingerprint density at radius 1 is 0.962 bits per heavy atom. The number of anilines is 1. The molecule has 0 saturated carbocycles. The number of carbonyl (C=O) groups is 1. The first-order valence-corrected chi connectivity index (χ1v) is 8.36. The van der Waals surface area contributed by atoms with E-state index in [2.05, 4.69) is 46.9 Å². The lowest BCUT2D eigenvalue weighted by atomic mass is 9.85. The summed E-state index contributed by atoms with van der Waals surface area (Å²) < 4.78 is 0. The fraction of sp³-hybridized carbons (Fsp3) is 0.300. The van der Waals surface area contributed by atoms with E-state index in [-0.39, 0.29) is 41.8 Å². The highest BCUT2D eigenvalue weighted by atomic mass is 127. The van der Waals surface area contributed by atoms with Crippen LogP contribution in [0.5, 0.6) is 0 Å². The third-order valence-electron chi connectivity index (χ3n) is 3.95. The molecule has 0 aromatic heterocycles. The number of benzene rings is 2. The summed E-state index contributed by atoms with van der Waals surface area (Å²) in [6, 6.07) is 19.7. The first-order valence-electron chi connectivity index (χ1n) is 8.36. The fourth-order valence-corrected chi connectivity index (χ4v) is 2.41. The summed E-state index contributed by atoms with van der Waals surface area (Å²) in [7, 11) is 1.69. The zero-order valence-electron chi connectivity index (χ0n) is 15.5. The van der Waals surface area contributed by atoms with Gasteiger partial charge in [0.25, 0.3) is 0 Å². The molecule has 0 aliphatic rings. The van der Waals surface area contributed by atoms with Crippen molar-refractivity contribution in [2.75, 3.05) is 25.5 Å². The Balaban J connectivity index is 0.00000338. The molecule has 0 bridgehead atoms. The molecular weight excluding hydrogens is 439 g/mol. The molecule has 0 radical (unpaired) electrons. The van der Waals surface area contributed by atoms with Crippen LogP contribution in [0, 0.1) is 0 Å². The Labute approximate surface area is 172 Å². The van der Waals surface area contributed by atoms with Gasteiger partial charge in [0, 0.05) is 24.7 Å². The van der Waals surface area contributed by atoms with Gasteiger partial charge >= 0.3 is 0 Å². The molecule has 2 rings (SSSR count). The lowest BCUT2D eigenvalue weighted by Gasteiger charge is -2.26. The Bertz CT molecular complexity index is 702. The average Bonchev–Trinajstić information content (AvgIpc) is 2.63. The third kappa shape index (κ3) is 7.03. The number of hydrogen-bond donors (Lipinski definition) is 3. The number of hydrogen-bond acceptors (Lipinski definition) is 2. The van der Waals surface area contributed by atoms with E-state index in [4.69, 9.17) is 0 Å². The predicted octanol–water partition coefficient (Wildman–Crippen LogP) is 3.39. The van der Waals surface area contributed by atoms with Crippen molar-refractivity contribution in [2.24, 2.45) is 4.99 Å². The van der Waals surface area contributed by atoms with Crippen molar-refractivity contribution in [1.29, 1.82) is 0 Å². The van der Waals surface area contributed by atoms with Gasteiger partial charge in [-0.2, -0.15) is 0 Å². The van der Waals surface area contributed by atoms with Crippen molar-refractivity contribution in [2.45, 2.75) is 19.3 Å². The van der Waals surface area contributed by atoms with Crippen LogP contribution in [-0.2, 0) is 10.2 Å². The normalized spacial score (nSPS) is 11.3. The molecule has 0 fully saturated rings. The number of halogens is 1. The number of nitrogens with one attached hydrogen (secondary N) is 3. The number of carbonyl (C=O) groups excluding carboxylic acids is 1. The van der Waals surface area contributed by atoms with Crippen molar-refractivity contribution in [3.05, 3.63) is 66.2 Å². The number of rotatable bonds is 6. The Kier molecular flexibility index (Phi) is 9.12. The molecule has 0 heterocycles. The summed E-state index contributed by atoms with van der Waals surface area (Å²) in [5.74, 6) is 0.490. The van der Waals surface area contributed by atoms with E-state index in [0.717, 1.165) is 5.69 Å². The summed E-state index contributed by atoms with van der Waals surface area (Å²) in [6.07, 6.45) is 0. The number of amides is 1. The van der Waals surface area contributed by atoms with Gasteiger partial charge in [-0.3, -0.25) is 9.79 Å². The van der Waals surface area contributed by atoms with E-state index in [1.165, 1.54) is 5.56 Å². The number of aliphatic imine (C=N–C) groups is 1. The molecule has 0 saturated heterocycles. The van der Waals surface area contributed by atoms with E-state index in [1.54, 1.807) is 7.05 Å². The minimum Gasteiger partial charge on any atom is -0.356 e. The monoisotopic (exact) mass is 466 g/mol. The summed E-state index contributed by atoms with van der Waals surface area (Å²) in [6.45, 7) is 5.20. The van der Waals surface area contributed by atoms with Crippen LogP contribution >= 0.6 is 24.0 Å². The van der Waals surface area contributed by atoms with Gasteiger partial charge in [-0.15, -0.1) is 24.0 Å². The van der Waals surface area contributed by atoms with E-state index >= 15 is 0 Å². The summed E-state index contributed by atoms with van der Waals surface area (Å²) in [5.41, 5.74) is 1.98. The van der Waals surface area contributed by atoms with Gasteiger partial charge in [0.05, 0.1) is 6.54 Å². The fourth-order valence-electron chi connectivity index (χ4n) is 2.41. The summed E-state index contributed by atoms with van der Waals surface area (Å²) in [4.78, 5) is 16.2. The van der Waals surface area contributed by atoms with Crippen molar-refractivity contribution < 1.29 is 4.79 Å². The quantitative estimate of drug-likeness (QED) is 0.348. The van der Waals surface area contributed by atoms with Crippen LogP contribution in [0.3, 0.4) is 0 Å². The first-order chi connectivity index (χ1) is 12.0. The SMILES string of the molecule is CN=C(NCC(=O)Nc1ccccc1)NCC(C)(C)c1ccccc1.I. The van der Waals surface area contributed by atoms with Crippen LogP contribution < -0.4 is 16.0 Å². The van der Waals surface area contributed by atoms with Crippen LogP contribution in [0.2, 0.25) is 0 Å². The van der Waals surface area contributed by atoms with Gasteiger partial charge in [-0.25, -0.2) is 0 Å². The van der Waals surface area contributed by atoms with Crippen LogP contribution in [0.25, 0.3) is 0 Å². The second-order valence-corrected chi connectivity index (χ2v) is 6.44. The molecule has 3 N–H and O–H groups in total. The maximum absolute atomic E-state index is 12.0. The van der Waals surface area contributed by atoms with E-state index in [1.807, 2.05) is 48.5 Å². The Morgan fingerprint density at radius 3 is 2.12 bits per heavy atom. The van der Waals surface area contributed by atoms with Crippen molar-refractivity contribution in [3.8, 4) is 0 Å². The molecule has 6 heteroatoms. The van der Waals surface area contributed by atoms with E-state index in [9.17, 15) is 4.79 Å². The van der Waals surface area contributed by atoms with E-state index < -0.39 is 0 Å². The van der Waals surface area contributed by atoms with E-state index in [0.29, 0.717) is 12.5 Å². The lowest BCUT2D eigenvalue weighted by molar-refractivity contribution is -0.115. The van der Waals surface area contributed by atoms with Crippen molar-refractivity contribution in [3.63, 3.8) is 0 Å². The highest BCUT2D eigenvalue weighted by molar-refractivity contribution is 14.0. The number of guanidine groups is 1. The zero-order chi connectivity index (χ0) is 18.1. The van der Waals surface area contributed by atoms with Crippen LogP contribution in [-0.4, -0.2) is 32.0 Å². The van der Waals surface area contributed by atoms with Gasteiger partial charge in [-0.1, -0.05) is 62.4 Å². The minimum atomic E-state index is -0.114. The number of nitrogens with zero attached hydrogens (tertiary/aromatic N) is 1. The lowest BCUT2D eigenvalue weighted by Crippen LogP contribution is -2.45. The smallest absolute Gasteiger partial charge is 0.243 e. The molecule has 0 aliphatic heterocycles. The van der Waals surface area contributed by atoms with Gasteiger partial charge in [-0.05, 0) is 17.7 Å². The number of para-hydroxylation sites is 1. The average molecular weight is 466 g/mol. The molecule has 1 amide bonds. The molecule has 2 aromatic rings. The molecule has 5 nitrogen and oxygen atoms in total. The zero-order valence-corrected chi connectivity index (χ0v) is 17.8. The molecular formula is C20H27IN4O. The predicted molar refractivity (Wildman–Crippen MR) is 119 cm³/mol. The van der Waals surface area contributed by atoms with Crippen LogP contribution in [0.1, 0.15) is 19.4 Å². The molecule has 140 valence electrons. The molecule has 26 heavy (non-hydrogen) atoms. The third-order valence-corrected chi connectivity index (χ3v) is 3.95. The molecule has 2 aromatic carbocycles. The molecule has 0 atom stereocenters. The second kappa shape index (κ2) is 10.8. The summed E-state index contributed by atoms with van der Waals surface area (Å²) in [5, 5.41) is 9.16. The second-order valence-electron chi connectivity index (χ2n) is 6.44. The topological polar surface area (TPSA) is 65.5 Å². The van der Waals surface area contributed by atoms with Gasteiger partial charge in [0.15, 0.2) is 5.96 Å². The van der Waals surface area contributed by atoms with Gasteiger partial charge in [0.2, 0.25) is 5.91 Å². The molecule has 0 spiro atoms. The first kappa shape index (κ1) is 22.0. The maximum Gasteiger partial charge on any atom is 0.243 e. The highest BCUT2D eigenvalue weighted by Gasteiger charge is 2.20. The van der Waals surface area contributed by atoms with Gasteiger partial charge < -0.3 is 16.0 Å². The van der Waals surface area contributed by atoms with Crippen LogP contribution in [0.4, 0.5) is 5.69 Å². The van der Waals surface area contributed by atoms with Crippen molar-refractivity contribution >= 4 is 41.5 Å². The highest BCUT2D eigenvalue weighted by Crippen LogP contribution is 2.21. The van der Waals surface area contributed by atoms with Crippen molar-refractivity contribution in [1.82, 2.24) is 10.6 Å². The van der Waals surface area contributed by atoms with Gasteiger partial charge in [0.1, 0.15) is 0 Å². The molecule has 0 unspecified atom stereocenters. The maximum atomic E-state index is 12.0. The summed E-state index contributed by atoms with van der Waals surface area (Å²) >= 11 is 0. The standard InChI is InChI=1S/C20H26N4O.HI/c1-20(2,16-10-6-4-7-11-16)15-23-19(21-3)22-14-18(25)24-17-12-8-5-9-13-17;/h4-13H,14-15H2,1-3H3,(H,24,25)(H2,21,22,23);1H. The Hall–Kier alpha value is -2.09. The largest absolute Gasteiger partial charge is 0.356 e. The Morgan fingerprint density at radius 2 is 1.54 bits per heavy atom. The van der Waals surface area contributed by atoms with Crippen LogP contribution in [0.15, 0.2) is 65.7 Å². The minimum absolute atomic E-state index is 0. The molecule has 0 aliphatic carbocycles.